The van der Waals surface area contributed by atoms with E-state index in [0.717, 1.165) is 35.6 Å². The minimum absolute atomic E-state index is 0. The van der Waals surface area contributed by atoms with Crippen molar-refractivity contribution in [1.29, 1.82) is 0 Å². The normalized spacial score (nSPS) is 14.1. The van der Waals surface area contributed by atoms with Crippen molar-refractivity contribution in [1.82, 2.24) is 14.5 Å². The molecule has 2 aromatic heterocycles. The summed E-state index contributed by atoms with van der Waals surface area (Å²) < 4.78 is 20.8. The van der Waals surface area contributed by atoms with Crippen molar-refractivity contribution >= 4 is 22.9 Å². The maximum atomic E-state index is 13.3. The number of para-hydroxylation sites is 2. The van der Waals surface area contributed by atoms with Gasteiger partial charge >= 0.3 is 5.95 Å². The third-order valence-electron chi connectivity index (χ3n) is 5.61. The summed E-state index contributed by atoms with van der Waals surface area (Å²) in [6.45, 7) is 3.41. The number of imidazole rings is 1. The molecule has 3 heterocycles. The number of piperazine rings is 1. The van der Waals surface area contributed by atoms with Gasteiger partial charge in [0.2, 0.25) is 0 Å². The molecule has 1 aliphatic heterocycles. The fourth-order valence-electron chi connectivity index (χ4n) is 4.04. The highest BCUT2D eigenvalue weighted by Crippen LogP contribution is 2.20. The maximum Gasteiger partial charge on any atom is 0.308 e. The third-order valence-corrected chi connectivity index (χ3v) is 5.61. The van der Waals surface area contributed by atoms with Gasteiger partial charge in [-0.25, -0.2) is 4.39 Å². The lowest BCUT2D eigenvalue weighted by Gasteiger charge is -2.30. The first-order valence-electron chi connectivity index (χ1n) is 10.1. The fraction of sp³-hybridized carbons (Fsp3) is 0.217. The van der Waals surface area contributed by atoms with Crippen LogP contribution >= 0.6 is 0 Å². The van der Waals surface area contributed by atoms with Crippen molar-refractivity contribution in [3.63, 3.8) is 0 Å². The highest BCUT2D eigenvalue weighted by Gasteiger charge is 2.30. The Kier molecular flexibility index (Phi) is 7.29. The van der Waals surface area contributed by atoms with Crippen LogP contribution in [0.3, 0.4) is 0 Å². The standard InChI is InChI=1S/C23H21FN4O2.ClH.H2O/c24-18-9-7-17(8-10-18)16-28-20-5-2-1-4-19(20)25-23(28)27-13-11-26(12-14-27)22(29)21-6-3-15-30-21;;/h1-10,15H,11-14,16H2;1H;1H2. The number of nitrogens with zero attached hydrogens (tertiary/aromatic N) is 3. The molecule has 168 valence electrons. The number of nitrogens with one attached hydrogen (secondary N) is 1. The number of carbonyl (C=O) groups is 1. The molecule has 0 bridgehead atoms. The first-order chi connectivity index (χ1) is 14.7. The largest absolute Gasteiger partial charge is 1.00 e. The van der Waals surface area contributed by atoms with E-state index < -0.39 is 0 Å². The number of halogens is 2. The molecule has 1 amide bonds. The lowest BCUT2D eigenvalue weighted by atomic mass is 10.2. The molecule has 9 heteroatoms. The van der Waals surface area contributed by atoms with Crippen molar-refractivity contribution in [2.75, 3.05) is 26.2 Å². The minimum atomic E-state index is -0.238. The van der Waals surface area contributed by atoms with Gasteiger partial charge < -0.3 is 27.2 Å². The summed E-state index contributed by atoms with van der Waals surface area (Å²) in [5.41, 5.74) is 3.02. The molecule has 1 saturated heterocycles. The number of benzene rings is 2. The van der Waals surface area contributed by atoms with Crippen LogP contribution in [0.1, 0.15) is 16.1 Å². The van der Waals surface area contributed by atoms with Crippen LogP contribution in [-0.2, 0) is 6.54 Å². The molecule has 0 unspecified atom stereocenters. The molecule has 32 heavy (non-hydrogen) atoms. The van der Waals surface area contributed by atoms with Crippen LogP contribution in [0.15, 0.2) is 71.3 Å². The Morgan fingerprint density at radius 3 is 2.44 bits per heavy atom. The Hall–Kier alpha value is -3.20. The zero-order valence-electron chi connectivity index (χ0n) is 17.3. The molecule has 7 nitrogen and oxygen atoms in total. The summed E-state index contributed by atoms with van der Waals surface area (Å²) in [5.74, 6) is 1.02. The van der Waals surface area contributed by atoms with E-state index in [2.05, 4.69) is 10.6 Å². The van der Waals surface area contributed by atoms with Crippen LogP contribution in [0, 0.1) is 5.82 Å². The van der Waals surface area contributed by atoms with Gasteiger partial charge in [-0.15, -0.1) is 0 Å². The van der Waals surface area contributed by atoms with Gasteiger partial charge in [-0.3, -0.25) is 14.3 Å². The van der Waals surface area contributed by atoms with E-state index in [1.807, 2.05) is 35.2 Å². The van der Waals surface area contributed by atoms with Crippen LogP contribution in [0.4, 0.5) is 10.3 Å². The van der Waals surface area contributed by atoms with E-state index in [4.69, 9.17) is 9.40 Å². The SMILES string of the molecule is O.O=C(c1ccco1)N1CC[NH+](c2nc3ccccc3n2Cc2ccc(F)cc2)CC1.[Cl-]. The van der Waals surface area contributed by atoms with E-state index in [1.165, 1.54) is 23.3 Å². The van der Waals surface area contributed by atoms with E-state index in [9.17, 15) is 9.18 Å². The molecule has 2 aromatic carbocycles. The van der Waals surface area contributed by atoms with Crippen molar-refractivity contribution < 1.29 is 36.4 Å². The molecular formula is C23H24ClFN4O3. The molecule has 0 atom stereocenters. The number of aromatic nitrogens is 2. The zero-order chi connectivity index (χ0) is 20.5. The van der Waals surface area contributed by atoms with Crippen LogP contribution in [0.25, 0.3) is 11.0 Å². The Bertz CT molecular complexity index is 1170. The number of carbonyl (C=O) groups excluding carboxylic acids is 1. The van der Waals surface area contributed by atoms with Gasteiger partial charge in [0.25, 0.3) is 5.91 Å². The quantitative estimate of drug-likeness (QED) is 0.411. The van der Waals surface area contributed by atoms with Crippen LogP contribution < -0.4 is 17.3 Å². The van der Waals surface area contributed by atoms with Gasteiger partial charge in [-0.05, 0) is 42.0 Å². The first kappa shape index (κ1) is 23.5. The lowest BCUT2D eigenvalue weighted by molar-refractivity contribution is -0.843. The summed E-state index contributed by atoms with van der Waals surface area (Å²) in [6, 6.07) is 18.1. The highest BCUT2D eigenvalue weighted by atomic mass is 35.5. The van der Waals surface area contributed by atoms with Crippen LogP contribution in [-0.4, -0.2) is 52.0 Å². The molecule has 0 aliphatic carbocycles. The predicted molar refractivity (Wildman–Crippen MR) is 114 cm³/mol. The second-order valence-electron chi connectivity index (χ2n) is 7.51. The second kappa shape index (κ2) is 9.95. The van der Waals surface area contributed by atoms with Crippen LogP contribution in [0.2, 0.25) is 0 Å². The van der Waals surface area contributed by atoms with Gasteiger partial charge in [-0.2, -0.15) is 4.98 Å². The number of fused-ring (bicyclic) bond motifs is 1. The molecule has 1 fully saturated rings. The number of hydrogen-bond acceptors (Lipinski definition) is 3. The lowest BCUT2D eigenvalue weighted by Crippen LogP contribution is -3.11. The topological polar surface area (TPSA) is 87.2 Å². The molecule has 1 aliphatic rings. The summed E-state index contributed by atoms with van der Waals surface area (Å²) >= 11 is 0. The zero-order valence-corrected chi connectivity index (χ0v) is 18.1. The predicted octanol–water partition coefficient (Wildman–Crippen LogP) is -1.33. The minimum Gasteiger partial charge on any atom is -1.00 e. The fourth-order valence-corrected chi connectivity index (χ4v) is 4.04. The number of furan rings is 1. The molecular weight excluding hydrogens is 435 g/mol. The average molecular weight is 459 g/mol. The average Bonchev–Trinajstić information content (AvgIpc) is 3.44. The Balaban J connectivity index is 0.00000144. The van der Waals surface area contributed by atoms with Gasteiger partial charge in [0, 0.05) is 0 Å². The number of rotatable bonds is 4. The van der Waals surface area contributed by atoms with E-state index in [0.29, 0.717) is 25.4 Å². The van der Waals surface area contributed by atoms with Crippen molar-refractivity contribution in [3.05, 3.63) is 84.1 Å². The van der Waals surface area contributed by atoms with Crippen molar-refractivity contribution in [2.24, 2.45) is 0 Å². The monoisotopic (exact) mass is 458 g/mol. The first-order valence-corrected chi connectivity index (χ1v) is 10.1. The molecule has 0 saturated carbocycles. The maximum absolute atomic E-state index is 13.3. The van der Waals surface area contributed by atoms with E-state index in [-0.39, 0.29) is 29.6 Å². The van der Waals surface area contributed by atoms with Crippen LogP contribution in [0.5, 0.6) is 0 Å². The highest BCUT2D eigenvalue weighted by molar-refractivity contribution is 5.91. The molecule has 3 N–H and O–H groups in total. The van der Waals surface area contributed by atoms with Gasteiger partial charge in [0.15, 0.2) is 5.76 Å². The third kappa shape index (κ3) is 4.52. The summed E-state index contributed by atoms with van der Waals surface area (Å²) in [7, 11) is 0. The molecule has 0 radical (unpaired) electrons. The van der Waals surface area contributed by atoms with E-state index >= 15 is 0 Å². The van der Waals surface area contributed by atoms with E-state index in [1.54, 1.807) is 12.1 Å². The van der Waals surface area contributed by atoms with Gasteiger partial charge in [-0.1, -0.05) is 24.3 Å². The Labute approximate surface area is 190 Å². The summed E-state index contributed by atoms with van der Waals surface area (Å²) in [4.78, 5) is 20.5. The number of hydrogen-bond donors (Lipinski definition) is 1. The van der Waals surface area contributed by atoms with Crippen molar-refractivity contribution in [3.8, 4) is 0 Å². The Morgan fingerprint density at radius 2 is 1.75 bits per heavy atom. The molecule has 5 rings (SSSR count). The van der Waals surface area contributed by atoms with Gasteiger partial charge in [0.05, 0.1) is 36.9 Å². The molecule has 0 spiro atoms. The second-order valence-corrected chi connectivity index (χ2v) is 7.51. The van der Waals surface area contributed by atoms with Crippen molar-refractivity contribution in [2.45, 2.75) is 6.54 Å². The smallest absolute Gasteiger partial charge is 0.308 e. The van der Waals surface area contributed by atoms with Gasteiger partial charge in [0.1, 0.15) is 18.9 Å². The Morgan fingerprint density at radius 1 is 1.03 bits per heavy atom. The summed E-state index contributed by atoms with van der Waals surface area (Å²) in [5, 5.41) is 0. The molecule has 4 aromatic rings. The number of amides is 1. The number of quaternary nitrogens is 1. The summed E-state index contributed by atoms with van der Waals surface area (Å²) in [6.07, 6.45) is 1.52.